The van der Waals surface area contributed by atoms with Gasteiger partial charge in [-0.1, -0.05) is 24.3 Å². The quantitative estimate of drug-likeness (QED) is 0.705. The van der Waals surface area contributed by atoms with E-state index in [9.17, 15) is 13.2 Å². The third-order valence-corrected chi connectivity index (χ3v) is 6.92. The first-order valence-corrected chi connectivity index (χ1v) is 10.8. The lowest BCUT2D eigenvalue weighted by atomic mass is 10.1. The lowest BCUT2D eigenvalue weighted by Gasteiger charge is -2.24. The summed E-state index contributed by atoms with van der Waals surface area (Å²) in [5.41, 5.74) is 2.93. The van der Waals surface area contributed by atoms with Gasteiger partial charge in [-0.2, -0.15) is 0 Å². The number of para-hydroxylation sites is 1. The molecule has 0 fully saturated rings. The van der Waals surface area contributed by atoms with Gasteiger partial charge in [0.1, 0.15) is 0 Å². The normalized spacial score (nSPS) is 15.8. The Labute approximate surface area is 170 Å². The first-order valence-electron chi connectivity index (χ1n) is 9.36. The predicted octanol–water partition coefficient (Wildman–Crippen LogP) is 3.15. The first-order chi connectivity index (χ1) is 14.0. The Morgan fingerprint density at radius 1 is 1.10 bits per heavy atom. The number of benzene rings is 2. The van der Waals surface area contributed by atoms with Crippen molar-refractivity contribution in [2.75, 3.05) is 4.31 Å². The van der Waals surface area contributed by atoms with Crippen molar-refractivity contribution in [3.8, 4) is 0 Å². The summed E-state index contributed by atoms with van der Waals surface area (Å²) >= 11 is 0. The number of carbonyl (C=O) groups excluding carboxylic acids is 1. The summed E-state index contributed by atoms with van der Waals surface area (Å²) in [4.78, 5) is 16.6. The molecule has 4 rings (SSSR count). The molecule has 29 heavy (non-hydrogen) atoms. The highest BCUT2D eigenvalue weighted by Crippen LogP contribution is 2.36. The van der Waals surface area contributed by atoms with Crippen LogP contribution in [0.2, 0.25) is 0 Å². The highest BCUT2D eigenvalue weighted by Gasteiger charge is 2.36. The average Bonchev–Trinajstić information content (AvgIpc) is 3.09. The van der Waals surface area contributed by atoms with E-state index < -0.39 is 10.0 Å². The molecular weight excluding hydrogens is 386 g/mol. The van der Waals surface area contributed by atoms with Crippen LogP contribution < -0.4 is 9.62 Å². The summed E-state index contributed by atoms with van der Waals surface area (Å²) in [5, 5.41) is 2.81. The van der Waals surface area contributed by atoms with Crippen LogP contribution in [0.5, 0.6) is 0 Å². The number of hydrogen-bond donors (Lipinski definition) is 1. The molecule has 0 saturated heterocycles. The molecule has 3 aromatic rings. The third-order valence-electron chi connectivity index (χ3n) is 5.00. The molecule has 1 atom stereocenters. The summed E-state index contributed by atoms with van der Waals surface area (Å²) in [6.07, 6.45) is 3.98. The molecule has 0 radical (unpaired) electrons. The van der Waals surface area contributed by atoms with Gasteiger partial charge in [0, 0.05) is 30.5 Å². The topological polar surface area (TPSA) is 79.4 Å². The van der Waals surface area contributed by atoms with Gasteiger partial charge in [-0.25, -0.2) is 8.42 Å². The van der Waals surface area contributed by atoms with Gasteiger partial charge in [-0.3, -0.25) is 14.1 Å². The number of aromatic nitrogens is 1. The Morgan fingerprint density at radius 2 is 1.86 bits per heavy atom. The largest absolute Gasteiger partial charge is 0.348 e. The maximum Gasteiger partial charge on any atom is 0.264 e. The van der Waals surface area contributed by atoms with Crippen molar-refractivity contribution in [1.82, 2.24) is 10.3 Å². The van der Waals surface area contributed by atoms with Crippen molar-refractivity contribution in [3.05, 3.63) is 89.7 Å². The molecule has 1 N–H and O–H groups in total. The number of pyridine rings is 1. The molecular formula is C22H21N3O3S. The first kappa shape index (κ1) is 19.1. The van der Waals surface area contributed by atoms with E-state index >= 15 is 0 Å². The van der Waals surface area contributed by atoms with E-state index in [1.54, 1.807) is 24.5 Å². The van der Waals surface area contributed by atoms with Gasteiger partial charge in [0.2, 0.25) is 0 Å². The number of amides is 1. The van der Waals surface area contributed by atoms with Crippen molar-refractivity contribution in [2.24, 2.45) is 0 Å². The van der Waals surface area contributed by atoms with Crippen molar-refractivity contribution in [2.45, 2.75) is 30.8 Å². The van der Waals surface area contributed by atoms with Crippen LogP contribution in [-0.2, 0) is 23.0 Å². The van der Waals surface area contributed by atoms with E-state index in [-0.39, 0.29) is 16.8 Å². The lowest BCUT2D eigenvalue weighted by molar-refractivity contribution is 0.0950. The Bertz CT molecular complexity index is 1150. The second-order valence-corrected chi connectivity index (χ2v) is 8.86. The fraction of sp³-hybridized carbons (Fsp3) is 0.182. The van der Waals surface area contributed by atoms with Crippen molar-refractivity contribution in [1.29, 1.82) is 0 Å². The van der Waals surface area contributed by atoms with Crippen LogP contribution in [0, 0.1) is 0 Å². The SMILES string of the molecule is C[C@@H]1Cc2ccccc2N1S(=O)(=O)c1cccc(C(=O)NCc2ccncc2)c1. The van der Waals surface area contributed by atoms with E-state index in [1.807, 2.05) is 43.3 Å². The number of nitrogens with one attached hydrogen (secondary N) is 1. The Hall–Kier alpha value is -3.19. The maximum absolute atomic E-state index is 13.3. The van der Waals surface area contributed by atoms with Crippen LogP contribution in [0.4, 0.5) is 5.69 Å². The summed E-state index contributed by atoms with van der Waals surface area (Å²) in [7, 11) is -3.78. The van der Waals surface area contributed by atoms with Crippen LogP contribution in [0.25, 0.3) is 0 Å². The van der Waals surface area contributed by atoms with Gasteiger partial charge in [0.25, 0.3) is 15.9 Å². The fourth-order valence-corrected chi connectivity index (χ4v) is 5.34. The highest BCUT2D eigenvalue weighted by atomic mass is 32.2. The molecule has 0 bridgehead atoms. The average molecular weight is 407 g/mol. The molecule has 0 spiro atoms. The van der Waals surface area contributed by atoms with Gasteiger partial charge in [-0.05, 0) is 60.9 Å². The summed E-state index contributed by atoms with van der Waals surface area (Å²) in [5.74, 6) is -0.325. The molecule has 0 unspecified atom stereocenters. The van der Waals surface area contributed by atoms with Gasteiger partial charge >= 0.3 is 0 Å². The smallest absolute Gasteiger partial charge is 0.264 e. The van der Waals surface area contributed by atoms with E-state index in [4.69, 9.17) is 0 Å². The number of carbonyl (C=O) groups is 1. The Morgan fingerprint density at radius 3 is 2.66 bits per heavy atom. The standard InChI is InChI=1S/C22H21N3O3S/c1-16-13-18-5-2-3-8-21(18)25(16)29(27,28)20-7-4-6-19(14-20)22(26)24-15-17-9-11-23-12-10-17/h2-12,14,16H,13,15H2,1H3,(H,24,26)/t16-/m1/s1. The van der Waals surface area contributed by atoms with Crippen LogP contribution in [0.3, 0.4) is 0 Å². The van der Waals surface area contributed by atoms with Gasteiger partial charge < -0.3 is 5.32 Å². The Balaban J connectivity index is 1.59. The minimum Gasteiger partial charge on any atom is -0.348 e. The lowest BCUT2D eigenvalue weighted by Crippen LogP contribution is -2.35. The van der Waals surface area contributed by atoms with Crippen LogP contribution in [-0.4, -0.2) is 25.4 Å². The predicted molar refractivity (Wildman–Crippen MR) is 111 cm³/mol. The number of nitrogens with zero attached hydrogens (tertiary/aromatic N) is 2. The van der Waals surface area contributed by atoms with Gasteiger partial charge in [-0.15, -0.1) is 0 Å². The number of hydrogen-bond acceptors (Lipinski definition) is 4. The van der Waals surface area contributed by atoms with Crippen LogP contribution in [0.1, 0.15) is 28.4 Å². The molecule has 7 heteroatoms. The number of anilines is 1. The molecule has 6 nitrogen and oxygen atoms in total. The molecule has 148 valence electrons. The summed E-state index contributed by atoms with van der Waals surface area (Å²) in [6, 6.07) is 17.1. The molecule has 1 aliphatic heterocycles. The second kappa shape index (κ2) is 7.67. The molecule has 1 aliphatic rings. The number of rotatable bonds is 5. The Kier molecular flexibility index (Phi) is 5.07. The zero-order valence-corrected chi connectivity index (χ0v) is 16.8. The van der Waals surface area contributed by atoms with Crippen molar-refractivity contribution in [3.63, 3.8) is 0 Å². The minimum absolute atomic E-state index is 0.109. The molecule has 1 aromatic heterocycles. The zero-order chi connectivity index (χ0) is 20.4. The van der Waals surface area contributed by atoms with Crippen molar-refractivity contribution < 1.29 is 13.2 Å². The summed E-state index contributed by atoms with van der Waals surface area (Å²) < 4.78 is 28.2. The van der Waals surface area contributed by atoms with E-state index in [0.717, 1.165) is 11.1 Å². The van der Waals surface area contributed by atoms with Crippen LogP contribution >= 0.6 is 0 Å². The monoisotopic (exact) mass is 407 g/mol. The zero-order valence-electron chi connectivity index (χ0n) is 15.9. The second-order valence-electron chi connectivity index (χ2n) is 7.05. The van der Waals surface area contributed by atoms with Crippen LogP contribution in [0.15, 0.2) is 78.0 Å². The molecule has 2 aromatic carbocycles. The maximum atomic E-state index is 13.3. The summed E-state index contributed by atoms with van der Waals surface area (Å²) in [6.45, 7) is 2.23. The van der Waals surface area contributed by atoms with E-state index in [0.29, 0.717) is 24.2 Å². The fourth-order valence-electron chi connectivity index (χ4n) is 3.60. The molecule has 0 saturated carbocycles. The minimum atomic E-state index is -3.78. The number of fused-ring (bicyclic) bond motifs is 1. The molecule has 2 heterocycles. The van der Waals surface area contributed by atoms with Crippen molar-refractivity contribution >= 4 is 21.6 Å². The number of sulfonamides is 1. The van der Waals surface area contributed by atoms with Gasteiger partial charge in [0.15, 0.2) is 0 Å². The van der Waals surface area contributed by atoms with Gasteiger partial charge in [0.05, 0.1) is 10.6 Å². The highest BCUT2D eigenvalue weighted by molar-refractivity contribution is 7.92. The van der Waals surface area contributed by atoms with E-state index in [2.05, 4.69) is 10.3 Å². The van der Waals surface area contributed by atoms with E-state index in [1.165, 1.54) is 16.4 Å². The molecule has 0 aliphatic carbocycles. The third kappa shape index (κ3) is 3.73. The molecule has 1 amide bonds.